The average molecular weight is 307 g/mol. The Balaban J connectivity index is 1.96. The van der Waals surface area contributed by atoms with Crippen molar-refractivity contribution in [3.63, 3.8) is 0 Å². The zero-order valence-corrected chi connectivity index (χ0v) is 12.3. The van der Waals surface area contributed by atoms with E-state index in [4.69, 9.17) is 16.0 Å². The minimum Gasteiger partial charge on any atom is -0.437 e. The van der Waals surface area contributed by atoms with Crippen LogP contribution in [0.2, 0.25) is 5.02 Å². The zero-order chi connectivity index (χ0) is 15.4. The quantitative estimate of drug-likeness (QED) is 0.623. The first kappa shape index (κ1) is 14.1. The van der Waals surface area contributed by atoms with Gasteiger partial charge in [0.2, 0.25) is 5.88 Å². The number of halogens is 1. The van der Waals surface area contributed by atoms with Crippen LogP contribution in [0.1, 0.15) is 11.1 Å². The van der Waals surface area contributed by atoms with Gasteiger partial charge in [-0.25, -0.2) is 4.99 Å². The van der Waals surface area contributed by atoms with Gasteiger partial charge in [0.15, 0.2) is 0 Å². The first-order valence-corrected chi connectivity index (χ1v) is 7.03. The molecule has 0 aliphatic carbocycles. The Labute approximate surface area is 133 Å². The van der Waals surface area contributed by atoms with E-state index in [0.29, 0.717) is 16.3 Å². The van der Waals surface area contributed by atoms with Crippen LogP contribution in [0.3, 0.4) is 0 Å². The molecule has 0 atom stereocenters. The van der Waals surface area contributed by atoms with Crippen LogP contribution in [0.5, 0.6) is 0 Å². The minimum atomic E-state index is 0.279. The summed E-state index contributed by atoms with van der Waals surface area (Å²) in [7, 11) is 0. The molecule has 4 heteroatoms. The molecule has 0 amide bonds. The normalized spacial score (nSPS) is 10.7. The van der Waals surface area contributed by atoms with E-state index in [9.17, 15) is 5.26 Å². The van der Waals surface area contributed by atoms with Gasteiger partial charge in [-0.15, -0.1) is 0 Å². The maximum atomic E-state index is 9.22. The van der Waals surface area contributed by atoms with Gasteiger partial charge in [0.25, 0.3) is 0 Å². The van der Waals surface area contributed by atoms with Crippen LogP contribution in [0.25, 0.3) is 11.3 Å². The van der Waals surface area contributed by atoms with Gasteiger partial charge in [0, 0.05) is 28.4 Å². The Bertz CT molecular complexity index is 860. The van der Waals surface area contributed by atoms with Crippen LogP contribution >= 0.6 is 11.6 Å². The average Bonchev–Trinajstić information content (AvgIpc) is 2.98. The smallest absolute Gasteiger partial charge is 0.237 e. The van der Waals surface area contributed by atoms with Gasteiger partial charge < -0.3 is 4.42 Å². The lowest BCUT2D eigenvalue weighted by molar-refractivity contribution is 0.592. The number of hydrogen-bond donors (Lipinski definition) is 0. The van der Waals surface area contributed by atoms with Crippen LogP contribution in [-0.4, -0.2) is 6.21 Å². The van der Waals surface area contributed by atoms with E-state index in [1.807, 2.05) is 48.5 Å². The SMILES string of the molecule is N#Cc1cc(-c2ccccc2)oc1N=Cc1ccccc1Cl. The van der Waals surface area contributed by atoms with Crippen LogP contribution < -0.4 is 0 Å². The third-order valence-electron chi connectivity index (χ3n) is 3.12. The summed E-state index contributed by atoms with van der Waals surface area (Å²) in [5, 5.41) is 9.82. The standard InChI is InChI=1S/C18H11ClN2O/c19-16-9-5-4-8-14(16)12-21-18-15(11-20)10-17(22-18)13-6-2-1-3-7-13/h1-10,12H. The highest BCUT2D eigenvalue weighted by molar-refractivity contribution is 6.33. The van der Waals surface area contributed by atoms with Crippen molar-refractivity contribution in [2.45, 2.75) is 0 Å². The summed E-state index contributed by atoms with van der Waals surface area (Å²) in [6.07, 6.45) is 1.59. The summed E-state index contributed by atoms with van der Waals surface area (Å²) in [6, 6.07) is 20.7. The highest BCUT2D eigenvalue weighted by atomic mass is 35.5. The van der Waals surface area contributed by atoms with E-state index in [1.165, 1.54) is 0 Å². The van der Waals surface area contributed by atoms with E-state index in [1.54, 1.807) is 18.3 Å². The molecule has 0 N–H and O–H groups in total. The van der Waals surface area contributed by atoms with E-state index >= 15 is 0 Å². The monoisotopic (exact) mass is 306 g/mol. The molecule has 0 saturated heterocycles. The Morgan fingerprint density at radius 1 is 1.05 bits per heavy atom. The highest BCUT2D eigenvalue weighted by Crippen LogP contribution is 2.30. The third-order valence-corrected chi connectivity index (χ3v) is 3.46. The number of aliphatic imine (C=N–C) groups is 1. The molecule has 0 fully saturated rings. The Morgan fingerprint density at radius 2 is 1.77 bits per heavy atom. The largest absolute Gasteiger partial charge is 0.437 e. The number of furan rings is 1. The van der Waals surface area contributed by atoms with Crippen molar-refractivity contribution in [2.24, 2.45) is 4.99 Å². The van der Waals surface area contributed by atoms with Gasteiger partial charge >= 0.3 is 0 Å². The van der Waals surface area contributed by atoms with Crippen LogP contribution in [-0.2, 0) is 0 Å². The molecule has 0 aliphatic heterocycles. The molecule has 1 aromatic heterocycles. The fourth-order valence-corrected chi connectivity index (χ4v) is 2.19. The first-order chi connectivity index (χ1) is 10.8. The fourth-order valence-electron chi connectivity index (χ4n) is 2.01. The number of benzene rings is 2. The second kappa shape index (κ2) is 6.30. The Hall–Kier alpha value is -2.83. The van der Waals surface area contributed by atoms with Crippen molar-refractivity contribution < 1.29 is 4.42 Å². The van der Waals surface area contributed by atoms with Gasteiger partial charge in [-0.1, -0.05) is 60.1 Å². The molecule has 22 heavy (non-hydrogen) atoms. The molecule has 1 heterocycles. The van der Waals surface area contributed by atoms with E-state index < -0.39 is 0 Å². The molecule has 0 radical (unpaired) electrons. The summed E-state index contributed by atoms with van der Waals surface area (Å²) < 4.78 is 5.69. The number of rotatable bonds is 3. The molecule has 3 nitrogen and oxygen atoms in total. The maximum Gasteiger partial charge on any atom is 0.237 e. The first-order valence-electron chi connectivity index (χ1n) is 6.66. The lowest BCUT2D eigenvalue weighted by atomic mass is 10.1. The van der Waals surface area contributed by atoms with Crippen molar-refractivity contribution in [1.82, 2.24) is 0 Å². The second-order valence-corrected chi connectivity index (χ2v) is 4.99. The molecule has 0 spiro atoms. The summed E-state index contributed by atoms with van der Waals surface area (Å²) >= 11 is 6.08. The minimum absolute atomic E-state index is 0.279. The molecular weight excluding hydrogens is 296 g/mol. The summed E-state index contributed by atoms with van der Waals surface area (Å²) in [5.41, 5.74) is 2.06. The predicted molar refractivity (Wildman–Crippen MR) is 87.6 cm³/mol. The maximum absolute atomic E-state index is 9.22. The number of nitriles is 1. The van der Waals surface area contributed by atoms with Gasteiger partial charge in [-0.05, 0) is 6.07 Å². The van der Waals surface area contributed by atoms with Gasteiger partial charge in [0.05, 0.1) is 0 Å². The molecular formula is C18H11ClN2O. The number of hydrogen-bond acceptors (Lipinski definition) is 3. The molecule has 0 aliphatic rings. The lowest BCUT2D eigenvalue weighted by Crippen LogP contribution is -1.81. The Kier molecular flexibility index (Phi) is 4.04. The lowest BCUT2D eigenvalue weighted by Gasteiger charge is -1.96. The third kappa shape index (κ3) is 2.93. The van der Waals surface area contributed by atoms with Crippen molar-refractivity contribution in [2.75, 3.05) is 0 Å². The van der Waals surface area contributed by atoms with Gasteiger partial charge in [-0.2, -0.15) is 5.26 Å². The Morgan fingerprint density at radius 3 is 2.50 bits per heavy atom. The molecule has 3 aromatic rings. The second-order valence-electron chi connectivity index (χ2n) is 4.59. The predicted octanol–water partition coefficient (Wildman–Crippen LogP) is 5.22. The van der Waals surface area contributed by atoms with Crippen molar-refractivity contribution in [1.29, 1.82) is 5.26 Å². The summed E-state index contributed by atoms with van der Waals surface area (Å²) in [6.45, 7) is 0. The zero-order valence-electron chi connectivity index (χ0n) is 11.5. The van der Waals surface area contributed by atoms with Crippen molar-refractivity contribution in [3.8, 4) is 17.4 Å². The van der Waals surface area contributed by atoms with E-state index in [2.05, 4.69) is 11.1 Å². The molecule has 0 saturated carbocycles. The summed E-state index contributed by atoms with van der Waals surface area (Å²) in [5.74, 6) is 0.893. The molecule has 0 unspecified atom stereocenters. The van der Waals surface area contributed by atoms with Crippen LogP contribution in [0, 0.1) is 11.3 Å². The molecule has 3 rings (SSSR count). The van der Waals surface area contributed by atoms with Gasteiger partial charge in [-0.3, -0.25) is 0 Å². The van der Waals surface area contributed by atoms with Crippen LogP contribution in [0.4, 0.5) is 5.88 Å². The number of nitrogens with zero attached hydrogens (tertiary/aromatic N) is 2. The fraction of sp³-hybridized carbons (Fsp3) is 0. The molecule has 106 valence electrons. The summed E-state index contributed by atoms with van der Waals surface area (Å²) in [4.78, 5) is 4.26. The van der Waals surface area contributed by atoms with Crippen molar-refractivity contribution in [3.05, 3.63) is 76.8 Å². The topological polar surface area (TPSA) is 49.3 Å². The van der Waals surface area contributed by atoms with Crippen LogP contribution in [0.15, 0.2) is 70.1 Å². The molecule has 2 aromatic carbocycles. The highest BCUT2D eigenvalue weighted by Gasteiger charge is 2.11. The van der Waals surface area contributed by atoms with Gasteiger partial charge in [0.1, 0.15) is 17.4 Å². The van der Waals surface area contributed by atoms with Crippen molar-refractivity contribution >= 4 is 23.7 Å². The van der Waals surface area contributed by atoms with E-state index in [-0.39, 0.29) is 5.88 Å². The van der Waals surface area contributed by atoms with E-state index in [0.717, 1.165) is 11.1 Å². The molecule has 0 bridgehead atoms.